The zero-order chi connectivity index (χ0) is 22.3. The molecule has 2 saturated heterocycles. The van der Waals surface area contributed by atoms with Crippen LogP contribution in [0.3, 0.4) is 0 Å². The fourth-order valence-corrected chi connectivity index (χ4v) is 5.82. The Morgan fingerprint density at radius 1 is 1.06 bits per heavy atom. The van der Waals surface area contributed by atoms with E-state index in [-0.39, 0.29) is 23.4 Å². The predicted molar refractivity (Wildman–Crippen MR) is 115 cm³/mol. The van der Waals surface area contributed by atoms with Gasteiger partial charge in [0.1, 0.15) is 11.3 Å². The van der Waals surface area contributed by atoms with Crippen LogP contribution in [0.4, 0.5) is 4.79 Å². The quantitative estimate of drug-likeness (QED) is 0.744. The van der Waals surface area contributed by atoms with E-state index in [0.717, 1.165) is 32.2 Å². The Kier molecular flexibility index (Phi) is 5.73. The summed E-state index contributed by atoms with van der Waals surface area (Å²) in [6.45, 7) is 2.89. The lowest BCUT2D eigenvalue weighted by Gasteiger charge is -2.41. The Hall–Kier alpha value is -2.53. The van der Waals surface area contributed by atoms with E-state index in [4.69, 9.17) is 4.74 Å². The van der Waals surface area contributed by atoms with Crippen LogP contribution in [-0.2, 0) is 14.8 Å². The number of aromatic hydroxyl groups is 1. The van der Waals surface area contributed by atoms with Crippen molar-refractivity contribution in [3.05, 3.63) is 28.7 Å². The molecule has 2 aliphatic rings. The van der Waals surface area contributed by atoms with Gasteiger partial charge in [0.15, 0.2) is 0 Å². The number of fused-ring (bicyclic) bond motifs is 1. The number of likely N-dealkylation sites (tertiary alicyclic amines) is 2. The zero-order valence-electron chi connectivity index (χ0n) is 17.7. The Morgan fingerprint density at radius 3 is 2.26 bits per heavy atom. The number of carbonyl (C=O) groups excluding carboxylic acids is 1. The first-order valence-electron chi connectivity index (χ1n) is 10.4. The van der Waals surface area contributed by atoms with E-state index >= 15 is 0 Å². The van der Waals surface area contributed by atoms with Gasteiger partial charge in [-0.15, -0.1) is 0 Å². The molecule has 0 spiro atoms. The van der Waals surface area contributed by atoms with Crippen LogP contribution in [-0.4, -0.2) is 83.5 Å². The first-order chi connectivity index (χ1) is 14.7. The van der Waals surface area contributed by atoms with Crippen molar-refractivity contribution in [1.82, 2.24) is 18.3 Å². The van der Waals surface area contributed by atoms with E-state index in [2.05, 4.69) is 4.90 Å². The minimum Gasteiger partial charge on any atom is -0.506 e. The van der Waals surface area contributed by atoms with Crippen molar-refractivity contribution in [2.45, 2.75) is 37.8 Å². The van der Waals surface area contributed by atoms with E-state index in [9.17, 15) is 23.1 Å². The van der Waals surface area contributed by atoms with E-state index in [1.165, 1.54) is 17.7 Å². The third kappa shape index (κ3) is 3.91. The summed E-state index contributed by atoms with van der Waals surface area (Å²) < 4.78 is 31.5. The molecular weight excluding hydrogens is 424 g/mol. The van der Waals surface area contributed by atoms with Crippen molar-refractivity contribution >= 4 is 27.1 Å². The van der Waals surface area contributed by atoms with E-state index < -0.39 is 15.7 Å². The monoisotopic (exact) mass is 452 g/mol. The van der Waals surface area contributed by atoms with Gasteiger partial charge >= 0.3 is 11.8 Å². The molecule has 0 aliphatic carbocycles. The third-order valence-corrected chi connectivity index (χ3v) is 7.45. The average Bonchev–Trinajstić information content (AvgIpc) is 3.07. The molecule has 1 N–H and O–H groups in total. The molecule has 1 amide bonds. The fourth-order valence-electron chi connectivity index (χ4n) is 4.93. The Balaban J connectivity index is 1.53. The van der Waals surface area contributed by atoms with Crippen molar-refractivity contribution in [3.63, 3.8) is 0 Å². The van der Waals surface area contributed by atoms with Crippen molar-refractivity contribution in [1.29, 1.82) is 0 Å². The summed E-state index contributed by atoms with van der Waals surface area (Å²) in [4.78, 5) is 28.9. The molecule has 2 fully saturated rings. The number of amides is 1. The number of nitrogens with zero attached hydrogens (tertiary/aromatic N) is 4. The zero-order valence-corrected chi connectivity index (χ0v) is 18.5. The number of hydrogen-bond donors (Lipinski definition) is 1. The molecule has 0 unspecified atom stereocenters. The van der Waals surface area contributed by atoms with Crippen LogP contribution in [0.2, 0.25) is 0 Å². The standard InChI is InChI=1S/C20H28N4O6S/c1-30-20(27)22-12-6-14(7-13-22)21-10-8-15(9-11-21)23-16-4-3-5-17(25)18(16)24(19(23)26)31(2,28)29/h3-5,14-15,25H,6-13H2,1-2H3. The number of imidazole rings is 1. The minimum atomic E-state index is -3.87. The number of hydrogen-bond acceptors (Lipinski definition) is 7. The predicted octanol–water partition coefficient (Wildman–Crippen LogP) is 1.18. The topological polar surface area (TPSA) is 114 Å². The molecule has 2 aromatic rings. The molecule has 0 atom stereocenters. The summed E-state index contributed by atoms with van der Waals surface area (Å²) in [6, 6.07) is 4.90. The molecule has 1 aromatic heterocycles. The number of phenolic OH excluding ortho intramolecular Hbond substituents is 1. The van der Waals surface area contributed by atoms with Crippen molar-refractivity contribution < 1.29 is 23.1 Å². The van der Waals surface area contributed by atoms with Gasteiger partial charge in [-0.2, -0.15) is 3.97 Å². The number of ether oxygens (including phenoxy) is 1. The maximum absolute atomic E-state index is 13.1. The van der Waals surface area contributed by atoms with Crippen LogP contribution in [0.1, 0.15) is 31.7 Å². The number of benzene rings is 1. The molecule has 10 nitrogen and oxygen atoms in total. The minimum absolute atomic E-state index is 0.0348. The van der Waals surface area contributed by atoms with Gasteiger partial charge in [-0.3, -0.25) is 4.57 Å². The lowest BCUT2D eigenvalue weighted by molar-refractivity contribution is 0.0686. The first-order valence-corrected chi connectivity index (χ1v) is 12.3. The highest BCUT2D eigenvalue weighted by molar-refractivity contribution is 7.89. The largest absolute Gasteiger partial charge is 0.506 e. The van der Waals surface area contributed by atoms with Gasteiger partial charge in [-0.1, -0.05) is 6.07 Å². The highest BCUT2D eigenvalue weighted by Gasteiger charge is 2.32. The second-order valence-electron chi connectivity index (χ2n) is 8.28. The van der Waals surface area contributed by atoms with Crippen LogP contribution >= 0.6 is 0 Å². The van der Waals surface area contributed by atoms with Crippen LogP contribution in [0, 0.1) is 0 Å². The molecule has 11 heteroatoms. The smallest absolute Gasteiger partial charge is 0.409 e. The SMILES string of the molecule is COC(=O)N1CCC(N2CCC(n3c(=O)n(S(C)(=O)=O)c4c(O)cccc43)CC2)CC1. The van der Waals surface area contributed by atoms with Gasteiger partial charge < -0.3 is 19.6 Å². The Labute approximate surface area is 180 Å². The van der Waals surface area contributed by atoms with E-state index in [0.29, 0.717) is 41.5 Å². The number of methoxy groups -OCH3 is 1. The van der Waals surface area contributed by atoms with E-state index in [1.807, 2.05) is 0 Å². The Bertz CT molecular complexity index is 1140. The molecule has 3 heterocycles. The van der Waals surface area contributed by atoms with Gasteiger partial charge in [-0.25, -0.2) is 18.0 Å². The van der Waals surface area contributed by atoms with E-state index in [1.54, 1.807) is 17.0 Å². The molecule has 4 rings (SSSR count). The molecule has 2 aliphatic heterocycles. The second-order valence-corrected chi connectivity index (χ2v) is 10.1. The second kappa shape index (κ2) is 8.19. The molecule has 0 saturated carbocycles. The molecule has 170 valence electrons. The van der Waals surface area contributed by atoms with Gasteiger partial charge in [-0.05, 0) is 37.8 Å². The van der Waals surface area contributed by atoms with Gasteiger partial charge in [0.05, 0.1) is 18.9 Å². The summed E-state index contributed by atoms with van der Waals surface area (Å²) in [6.07, 6.45) is 3.84. The van der Waals surface area contributed by atoms with Crippen LogP contribution in [0.25, 0.3) is 11.0 Å². The Morgan fingerprint density at radius 2 is 1.68 bits per heavy atom. The molecular formula is C20H28N4O6S. The molecule has 31 heavy (non-hydrogen) atoms. The summed E-state index contributed by atoms with van der Waals surface area (Å²) in [5.74, 6) is -0.228. The number of aromatic nitrogens is 2. The summed E-state index contributed by atoms with van der Waals surface area (Å²) >= 11 is 0. The van der Waals surface area contributed by atoms with Gasteiger partial charge in [0.25, 0.3) is 0 Å². The number of carbonyl (C=O) groups is 1. The van der Waals surface area contributed by atoms with Gasteiger partial charge in [0.2, 0.25) is 10.0 Å². The summed E-state index contributed by atoms with van der Waals surface area (Å²) in [5, 5.41) is 10.3. The number of rotatable bonds is 3. The number of piperidine rings is 2. The molecule has 0 radical (unpaired) electrons. The van der Waals surface area contributed by atoms with Crippen LogP contribution in [0.5, 0.6) is 5.75 Å². The maximum atomic E-state index is 13.1. The average molecular weight is 453 g/mol. The number of para-hydroxylation sites is 1. The van der Waals surface area contributed by atoms with Gasteiger partial charge in [0, 0.05) is 38.3 Å². The lowest BCUT2D eigenvalue weighted by atomic mass is 9.97. The summed E-state index contributed by atoms with van der Waals surface area (Å²) in [5.41, 5.74) is -0.170. The van der Waals surface area contributed by atoms with Crippen molar-refractivity contribution in [2.24, 2.45) is 0 Å². The van der Waals surface area contributed by atoms with Crippen molar-refractivity contribution in [3.8, 4) is 5.75 Å². The van der Waals surface area contributed by atoms with Crippen molar-refractivity contribution in [2.75, 3.05) is 39.5 Å². The molecule has 0 bridgehead atoms. The first kappa shape index (κ1) is 21.7. The highest BCUT2D eigenvalue weighted by Crippen LogP contribution is 2.31. The summed E-state index contributed by atoms with van der Waals surface area (Å²) in [7, 11) is -2.48. The molecule has 1 aromatic carbocycles. The highest BCUT2D eigenvalue weighted by atomic mass is 32.2. The number of phenols is 1. The van der Waals surface area contributed by atoms with Crippen LogP contribution < -0.4 is 5.69 Å². The third-order valence-electron chi connectivity index (χ3n) is 6.45. The lowest BCUT2D eigenvalue weighted by Crippen LogP contribution is -2.49. The fraction of sp³-hybridized carbons (Fsp3) is 0.600. The normalized spacial score (nSPS) is 19.7. The maximum Gasteiger partial charge on any atom is 0.409 e. The van der Waals surface area contributed by atoms with Crippen LogP contribution in [0.15, 0.2) is 23.0 Å².